The zero-order chi connectivity index (χ0) is 19.2. The summed E-state index contributed by atoms with van der Waals surface area (Å²) in [5.41, 5.74) is 0.853. The molecule has 26 heavy (non-hydrogen) atoms. The smallest absolute Gasteiger partial charge is 0.252 e. The molecule has 0 aliphatic carbocycles. The van der Waals surface area contributed by atoms with Gasteiger partial charge in [-0.2, -0.15) is 4.72 Å². The van der Waals surface area contributed by atoms with Crippen molar-refractivity contribution in [3.05, 3.63) is 59.4 Å². The summed E-state index contributed by atoms with van der Waals surface area (Å²) in [6.07, 6.45) is 0. The molecule has 0 fully saturated rings. The summed E-state index contributed by atoms with van der Waals surface area (Å²) in [6.45, 7) is -0.218. The first kappa shape index (κ1) is 19.4. The monoisotopic (exact) mass is 376 g/mol. The minimum atomic E-state index is -4.01. The van der Waals surface area contributed by atoms with E-state index in [0.29, 0.717) is 11.1 Å². The molecule has 0 radical (unpaired) electrons. The lowest BCUT2D eigenvalue weighted by atomic mass is 10.1. The Morgan fingerprint density at radius 2 is 1.96 bits per heavy atom. The number of ether oxygens (including phenoxy) is 1. The number of rotatable bonds is 5. The fourth-order valence-corrected chi connectivity index (χ4v) is 3.24. The molecule has 0 saturated carbocycles. The highest BCUT2D eigenvalue weighted by Gasteiger charge is 2.19. The van der Waals surface area contributed by atoms with Gasteiger partial charge in [0.05, 0.1) is 19.2 Å². The first-order valence-corrected chi connectivity index (χ1v) is 9.00. The molecule has 136 valence electrons. The molecular formula is C18H17FN2O4S. The molecule has 0 bridgehead atoms. The summed E-state index contributed by atoms with van der Waals surface area (Å²) in [4.78, 5) is 11.5. The van der Waals surface area contributed by atoms with E-state index < -0.39 is 15.8 Å². The van der Waals surface area contributed by atoms with E-state index in [1.165, 1.54) is 20.2 Å². The highest BCUT2D eigenvalue weighted by atomic mass is 32.2. The van der Waals surface area contributed by atoms with E-state index in [2.05, 4.69) is 21.9 Å². The normalized spacial score (nSPS) is 10.6. The fourth-order valence-electron chi connectivity index (χ4n) is 2.13. The third-order valence-electron chi connectivity index (χ3n) is 3.39. The van der Waals surface area contributed by atoms with E-state index >= 15 is 0 Å². The van der Waals surface area contributed by atoms with Crippen molar-refractivity contribution in [1.82, 2.24) is 10.0 Å². The Morgan fingerprint density at radius 1 is 1.23 bits per heavy atom. The molecule has 0 aromatic heterocycles. The minimum absolute atomic E-state index is 0.0248. The number of methoxy groups -OCH3 is 1. The maximum Gasteiger partial charge on any atom is 0.252 e. The van der Waals surface area contributed by atoms with Gasteiger partial charge in [0.15, 0.2) is 0 Å². The van der Waals surface area contributed by atoms with Crippen LogP contribution in [0, 0.1) is 17.7 Å². The average Bonchev–Trinajstić information content (AvgIpc) is 2.65. The largest absolute Gasteiger partial charge is 0.495 e. The lowest BCUT2D eigenvalue weighted by Crippen LogP contribution is -2.24. The fraction of sp³-hybridized carbons (Fsp3) is 0.167. The maximum absolute atomic E-state index is 13.4. The molecule has 2 aromatic carbocycles. The first-order valence-electron chi connectivity index (χ1n) is 7.52. The van der Waals surface area contributed by atoms with Gasteiger partial charge in [-0.15, -0.1) is 0 Å². The van der Waals surface area contributed by atoms with Crippen LogP contribution in [0.5, 0.6) is 5.75 Å². The second-order valence-corrected chi connectivity index (χ2v) is 6.78. The zero-order valence-electron chi connectivity index (χ0n) is 14.2. The second-order valence-electron chi connectivity index (χ2n) is 5.05. The van der Waals surface area contributed by atoms with Crippen LogP contribution >= 0.6 is 0 Å². The summed E-state index contributed by atoms with van der Waals surface area (Å²) in [5, 5.41) is 2.51. The SMILES string of the molecule is CNC(=O)c1ccccc1C#CCNS(=O)(=O)c1cc(F)ccc1OC. The van der Waals surface area contributed by atoms with Crippen LogP contribution < -0.4 is 14.8 Å². The molecule has 2 rings (SSSR count). The average molecular weight is 376 g/mol. The highest BCUT2D eigenvalue weighted by molar-refractivity contribution is 7.89. The Balaban J connectivity index is 2.18. The van der Waals surface area contributed by atoms with Gasteiger partial charge < -0.3 is 10.1 Å². The van der Waals surface area contributed by atoms with E-state index in [9.17, 15) is 17.6 Å². The molecular weight excluding hydrogens is 359 g/mol. The summed E-state index contributed by atoms with van der Waals surface area (Å²) in [6, 6.07) is 9.90. The zero-order valence-corrected chi connectivity index (χ0v) is 15.0. The molecule has 0 atom stereocenters. The number of benzene rings is 2. The van der Waals surface area contributed by atoms with E-state index in [0.717, 1.165) is 12.1 Å². The summed E-state index contributed by atoms with van der Waals surface area (Å²) < 4.78 is 45.2. The van der Waals surface area contributed by atoms with Crippen molar-refractivity contribution < 1.29 is 22.3 Å². The first-order chi connectivity index (χ1) is 12.4. The van der Waals surface area contributed by atoms with Crippen LogP contribution in [0.25, 0.3) is 0 Å². The molecule has 8 heteroatoms. The van der Waals surface area contributed by atoms with Crippen LogP contribution in [-0.2, 0) is 10.0 Å². The molecule has 0 aliphatic heterocycles. The minimum Gasteiger partial charge on any atom is -0.495 e. The predicted molar refractivity (Wildman–Crippen MR) is 94.9 cm³/mol. The molecule has 6 nitrogen and oxygen atoms in total. The van der Waals surface area contributed by atoms with Gasteiger partial charge in [0, 0.05) is 12.6 Å². The number of amides is 1. The van der Waals surface area contributed by atoms with E-state index in [-0.39, 0.29) is 23.1 Å². The number of sulfonamides is 1. The Kier molecular flexibility index (Phi) is 6.33. The lowest BCUT2D eigenvalue weighted by Gasteiger charge is -2.09. The lowest BCUT2D eigenvalue weighted by molar-refractivity contribution is 0.0963. The number of hydrogen-bond donors (Lipinski definition) is 2. The molecule has 0 heterocycles. The quantitative estimate of drug-likeness (QED) is 0.775. The van der Waals surface area contributed by atoms with Gasteiger partial charge in [0.25, 0.3) is 5.91 Å². The van der Waals surface area contributed by atoms with Gasteiger partial charge in [-0.3, -0.25) is 4.79 Å². The van der Waals surface area contributed by atoms with Gasteiger partial charge in [0.1, 0.15) is 16.5 Å². The van der Waals surface area contributed by atoms with Crippen molar-refractivity contribution in [3.63, 3.8) is 0 Å². The van der Waals surface area contributed by atoms with Gasteiger partial charge in [0.2, 0.25) is 10.0 Å². The Hall–Kier alpha value is -2.89. The third kappa shape index (κ3) is 4.59. The van der Waals surface area contributed by atoms with Gasteiger partial charge >= 0.3 is 0 Å². The summed E-state index contributed by atoms with van der Waals surface area (Å²) in [5.74, 6) is 4.43. The Morgan fingerprint density at radius 3 is 2.65 bits per heavy atom. The van der Waals surface area contributed by atoms with Crippen LogP contribution in [-0.4, -0.2) is 35.0 Å². The van der Waals surface area contributed by atoms with Crippen molar-refractivity contribution >= 4 is 15.9 Å². The topological polar surface area (TPSA) is 84.5 Å². The predicted octanol–water partition coefficient (Wildman–Crippen LogP) is 1.52. The molecule has 0 unspecified atom stereocenters. The van der Waals surface area contributed by atoms with Crippen LogP contribution in [0.3, 0.4) is 0 Å². The highest BCUT2D eigenvalue weighted by Crippen LogP contribution is 2.23. The van der Waals surface area contributed by atoms with Crippen molar-refractivity contribution in [2.45, 2.75) is 4.90 Å². The molecule has 1 amide bonds. The van der Waals surface area contributed by atoms with Crippen LogP contribution in [0.2, 0.25) is 0 Å². The summed E-state index contributed by atoms with van der Waals surface area (Å²) in [7, 11) is -1.21. The number of carbonyl (C=O) groups is 1. The standard InChI is InChI=1S/C18H17FN2O4S/c1-20-18(22)15-8-4-3-6-13(15)7-5-11-21-26(23,24)17-12-14(19)9-10-16(17)25-2/h3-4,6,8-10,12,21H,11H2,1-2H3,(H,20,22). The number of hydrogen-bond acceptors (Lipinski definition) is 4. The maximum atomic E-state index is 13.4. The van der Waals surface area contributed by atoms with E-state index in [1.807, 2.05) is 0 Å². The van der Waals surface area contributed by atoms with Crippen molar-refractivity contribution in [1.29, 1.82) is 0 Å². The summed E-state index contributed by atoms with van der Waals surface area (Å²) >= 11 is 0. The van der Waals surface area contributed by atoms with Crippen LogP contribution in [0.15, 0.2) is 47.4 Å². The van der Waals surface area contributed by atoms with E-state index in [1.54, 1.807) is 24.3 Å². The van der Waals surface area contributed by atoms with Crippen LogP contribution in [0.4, 0.5) is 4.39 Å². The molecule has 0 saturated heterocycles. The number of nitrogens with one attached hydrogen (secondary N) is 2. The second kappa shape index (κ2) is 8.47. The van der Waals surface area contributed by atoms with Gasteiger partial charge in [-0.05, 0) is 30.3 Å². The third-order valence-corrected chi connectivity index (χ3v) is 4.81. The van der Waals surface area contributed by atoms with Gasteiger partial charge in [-0.1, -0.05) is 24.0 Å². The molecule has 0 spiro atoms. The van der Waals surface area contributed by atoms with Crippen molar-refractivity contribution in [2.24, 2.45) is 0 Å². The van der Waals surface area contributed by atoms with Crippen LogP contribution in [0.1, 0.15) is 15.9 Å². The Labute approximate surface area is 151 Å². The van der Waals surface area contributed by atoms with Crippen molar-refractivity contribution in [2.75, 3.05) is 20.7 Å². The molecule has 0 aliphatic rings. The number of carbonyl (C=O) groups excluding carboxylic acids is 1. The molecule has 2 N–H and O–H groups in total. The Bertz CT molecular complexity index is 978. The van der Waals surface area contributed by atoms with Crippen molar-refractivity contribution in [3.8, 4) is 17.6 Å². The van der Waals surface area contributed by atoms with E-state index in [4.69, 9.17) is 4.74 Å². The number of halogens is 1. The molecule has 2 aromatic rings. The van der Waals surface area contributed by atoms with Gasteiger partial charge in [-0.25, -0.2) is 12.8 Å².